The number of hydrogen-bond donors (Lipinski definition) is 1. The minimum atomic E-state index is 0.247. The lowest BCUT2D eigenvalue weighted by Gasteiger charge is -2.31. The van der Waals surface area contributed by atoms with Gasteiger partial charge in [-0.25, -0.2) is 0 Å². The highest BCUT2D eigenvalue weighted by molar-refractivity contribution is 5.56. The van der Waals surface area contributed by atoms with Gasteiger partial charge >= 0.3 is 0 Å². The highest BCUT2D eigenvalue weighted by Gasteiger charge is 2.14. The Bertz CT molecular complexity index is 373. The first-order chi connectivity index (χ1) is 8.85. The molecule has 1 N–H and O–H groups in total. The number of nitrogens with zero attached hydrogens (tertiary/aromatic N) is 1. The molecule has 3 heteroatoms. The molecule has 1 aliphatic rings. The van der Waals surface area contributed by atoms with Gasteiger partial charge in [-0.3, -0.25) is 0 Å². The summed E-state index contributed by atoms with van der Waals surface area (Å²) in [5.74, 6) is 0.906. The van der Waals surface area contributed by atoms with Crippen molar-refractivity contribution in [3.63, 3.8) is 0 Å². The van der Waals surface area contributed by atoms with E-state index in [0.29, 0.717) is 0 Å². The summed E-state index contributed by atoms with van der Waals surface area (Å²) >= 11 is 0. The Morgan fingerprint density at radius 2 is 2.00 bits per heavy atom. The number of benzene rings is 1. The summed E-state index contributed by atoms with van der Waals surface area (Å²) in [6, 6.07) is 6.31. The average molecular weight is 249 g/mol. The van der Waals surface area contributed by atoms with Crippen LogP contribution >= 0.6 is 0 Å². The molecular weight excluding hydrogens is 226 g/mol. The molecule has 0 amide bonds. The molecule has 0 atom stereocenters. The summed E-state index contributed by atoms with van der Waals surface area (Å²) < 4.78 is 5.30. The molecule has 0 aromatic heterocycles. The number of aryl methyl sites for hydroxylation is 1. The van der Waals surface area contributed by atoms with Crippen LogP contribution in [-0.4, -0.2) is 31.9 Å². The molecule has 1 aliphatic heterocycles. The first kappa shape index (κ1) is 13.2. The van der Waals surface area contributed by atoms with Crippen LogP contribution in [0.15, 0.2) is 18.2 Å². The molecule has 18 heavy (non-hydrogen) atoms. The van der Waals surface area contributed by atoms with Crippen molar-refractivity contribution in [2.75, 3.05) is 31.7 Å². The molecule has 1 fully saturated rings. The lowest BCUT2D eigenvalue weighted by molar-refractivity contribution is 0.288. The van der Waals surface area contributed by atoms with Gasteiger partial charge < -0.3 is 14.7 Å². The third-order valence-corrected chi connectivity index (χ3v) is 3.59. The van der Waals surface area contributed by atoms with Crippen LogP contribution in [0.3, 0.4) is 0 Å². The topological polar surface area (TPSA) is 32.7 Å². The standard InChI is InChI=1S/C15H23NO2/c1-18-14-7-8-15(13(12-14)6-5-11-17)16-9-3-2-4-10-16/h7-8,12,17H,2-6,9-11H2,1H3. The van der Waals surface area contributed by atoms with Crippen molar-refractivity contribution in [2.45, 2.75) is 32.1 Å². The quantitative estimate of drug-likeness (QED) is 0.870. The highest BCUT2D eigenvalue weighted by Crippen LogP contribution is 2.28. The Balaban J connectivity index is 2.20. The molecule has 3 nitrogen and oxygen atoms in total. The summed E-state index contributed by atoms with van der Waals surface area (Å²) in [5.41, 5.74) is 2.62. The fourth-order valence-corrected chi connectivity index (χ4v) is 2.60. The fourth-order valence-electron chi connectivity index (χ4n) is 2.60. The summed E-state index contributed by atoms with van der Waals surface area (Å²) in [7, 11) is 1.70. The molecule has 1 heterocycles. The number of hydrogen-bond acceptors (Lipinski definition) is 3. The fraction of sp³-hybridized carbons (Fsp3) is 0.600. The first-order valence-corrected chi connectivity index (χ1v) is 6.88. The van der Waals surface area contributed by atoms with Gasteiger partial charge in [0, 0.05) is 25.4 Å². The Kier molecular flexibility index (Phi) is 4.88. The molecular formula is C15H23NO2. The van der Waals surface area contributed by atoms with Crippen LogP contribution in [0.4, 0.5) is 5.69 Å². The van der Waals surface area contributed by atoms with E-state index in [-0.39, 0.29) is 6.61 Å². The Morgan fingerprint density at radius 3 is 2.67 bits per heavy atom. The number of ether oxygens (including phenoxy) is 1. The maximum atomic E-state index is 9.01. The van der Waals surface area contributed by atoms with E-state index in [2.05, 4.69) is 17.0 Å². The van der Waals surface area contributed by atoms with E-state index in [4.69, 9.17) is 9.84 Å². The van der Waals surface area contributed by atoms with Crippen molar-refractivity contribution < 1.29 is 9.84 Å². The minimum absolute atomic E-state index is 0.247. The lowest BCUT2D eigenvalue weighted by Crippen LogP contribution is -2.30. The molecule has 0 spiro atoms. The van der Waals surface area contributed by atoms with Gasteiger partial charge in [0.25, 0.3) is 0 Å². The molecule has 1 saturated heterocycles. The number of methoxy groups -OCH3 is 1. The smallest absolute Gasteiger partial charge is 0.119 e. The van der Waals surface area contributed by atoms with Crippen molar-refractivity contribution in [1.82, 2.24) is 0 Å². The normalized spacial score (nSPS) is 15.8. The minimum Gasteiger partial charge on any atom is -0.497 e. The largest absolute Gasteiger partial charge is 0.497 e. The summed E-state index contributed by atoms with van der Waals surface area (Å²) in [5, 5.41) is 9.01. The maximum absolute atomic E-state index is 9.01. The van der Waals surface area contributed by atoms with Gasteiger partial charge in [-0.2, -0.15) is 0 Å². The molecule has 0 bridgehead atoms. The van der Waals surface area contributed by atoms with Crippen molar-refractivity contribution in [3.05, 3.63) is 23.8 Å². The van der Waals surface area contributed by atoms with Gasteiger partial charge in [0.1, 0.15) is 5.75 Å². The molecule has 0 aliphatic carbocycles. The van der Waals surface area contributed by atoms with Crippen LogP contribution in [0.1, 0.15) is 31.2 Å². The van der Waals surface area contributed by atoms with E-state index in [0.717, 1.165) is 31.7 Å². The Morgan fingerprint density at radius 1 is 1.22 bits per heavy atom. The molecule has 0 unspecified atom stereocenters. The number of aliphatic hydroxyl groups excluding tert-OH is 1. The van der Waals surface area contributed by atoms with E-state index in [1.165, 1.54) is 30.5 Å². The average Bonchev–Trinajstić information content (AvgIpc) is 2.45. The third-order valence-electron chi connectivity index (χ3n) is 3.59. The van der Waals surface area contributed by atoms with E-state index in [1.54, 1.807) is 7.11 Å². The zero-order chi connectivity index (χ0) is 12.8. The van der Waals surface area contributed by atoms with E-state index < -0.39 is 0 Å². The molecule has 2 rings (SSSR count). The van der Waals surface area contributed by atoms with Crippen molar-refractivity contribution >= 4 is 5.69 Å². The molecule has 0 radical (unpaired) electrons. The highest BCUT2D eigenvalue weighted by atomic mass is 16.5. The van der Waals surface area contributed by atoms with Gasteiger partial charge in [0.2, 0.25) is 0 Å². The zero-order valence-electron chi connectivity index (χ0n) is 11.2. The van der Waals surface area contributed by atoms with Crippen molar-refractivity contribution in [2.24, 2.45) is 0 Å². The molecule has 0 saturated carbocycles. The zero-order valence-corrected chi connectivity index (χ0v) is 11.2. The van der Waals surface area contributed by atoms with Gasteiger partial charge in [0.05, 0.1) is 7.11 Å². The second-order valence-electron chi connectivity index (χ2n) is 4.87. The van der Waals surface area contributed by atoms with Crippen molar-refractivity contribution in [3.8, 4) is 5.75 Å². The predicted molar refractivity (Wildman–Crippen MR) is 74.5 cm³/mol. The van der Waals surface area contributed by atoms with Crippen LogP contribution in [0.25, 0.3) is 0 Å². The maximum Gasteiger partial charge on any atom is 0.119 e. The van der Waals surface area contributed by atoms with Crippen LogP contribution in [0.5, 0.6) is 5.75 Å². The van der Waals surface area contributed by atoms with Gasteiger partial charge in [-0.05, 0) is 55.9 Å². The Labute approximate surface area is 109 Å². The van der Waals surface area contributed by atoms with Gasteiger partial charge in [0.15, 0.2) is 0 Å². The number of rotatable bonds is 5. The summed E-state index contributed by atoms with van der Waals surface area (Å²) in [6.45, 7) is 2.55. The van der Waals surface area contributed by atoms with E-state index in [9.17, 15) is 0 Å². The van der Waals surface area contributed by atoms with Crippen LogP contribution in [0, 0.1) is 0 Å². The first-order valence-electron chi connectivity index (χ1n) is 6.88. The summed E-state index contributed by atoms with van der Waals surface area (Å²) in [6.07, 6.45) is 5.64. The van der Waals surface area contributed by atoms with Crippen LogP contribution in [0.2, 0.25) is 0 Å². The van der Waals surface area contributed by atoms with Gasteiger partial charge in [-0.15, -0.1) is 0 Å². The second-order valence-corrected chi connectivity index (χ2v) is 4.87. The van der Waals surface area contributed by atoms with Gasteiger partial charge in [-0.1, -0.05) is 0 Å². The third kappa shape index (κ3) is 3.16. The second kappa shape index (κ2) is 6.64. The van der Waals surface area contributed by atoms with Crippen molar-refractivity contribution in [1.29, 1.82) is 0 Å². The molecule has 1 aromatic rings. The number of aliphatic hydroxyl groups is 1. The van der Waals surface area contributed by atoms with E-state index >= 15 is 0 Å². The Hall–Kier alpha value is -1.22. The molecule has 100 valence electrons. The van der Waals surface area contributed by atoms with Crippen LogP contribution < -0.4 is 9.64 Å². The number of anilines is 1. The van der Waals surface area contributed by atoms with Crippen LogP contribution in [-0.2, 0) is 6.42 Å². The summed E-state index contributed by atoms with van der Waals surface area (Å²) in [4.78, 5) is 2.47. The lowest BCUT2D eigenvalue weighted by atomic mass is 10.0. The van der Waals surface area contributed by atoms with E-state index in [1.807, 2.05) is 6.07 Å². The number of piperidine rings is 1. The predicted octanol–water partition coefficient (Wildman–Crippen LogP) is 2.61. The SMILES string of the molecule is COc1ccc(N2CCCCC2)c(CCCO)c1. The molecule has 1 aromatic carbocycles. The monoisotopic (exact) mass is 249 g/mol.